The number of likely N-dealkylation sites (tertiary alicyclic amines) is 1. The lowest BCUT2D eigenvalue weighted by Crippen LogP contribution is -2.44. The van der Waals surface area contributed by atoms with Crippen LogP contribution in [0.15, 0.2) is 29.3 Å². The summed E-state index contributed by atoms with van der Waals surface area (Å²) in [5, 5.41) is 6.30. The first-order chi connectivity index (χ1) is 12.3. The van der Waals surface area contributed by atoms with E-state index in [0.29, 0.717) is 19.0 Å². The summed E-state index contributed by atoms with van der Waals surface area (Å²) >= 11 is 0. The summed E-state index contributed by atoms with van der Waals surface area (Å²) in [5.41, 5.74) is 0.976. The second kappa shape index (κ2) is 10.7. The Kier molecular flexibility index (Phi) is 9.35. The van der Waals surface area contributed by atoms with E-state index < -0.39 is 0 Å². The molecule has 1 aromatic carbocycles. The van der Waals surface area contributed by atoms with Crippen molar-refractivity contribution in [3.05, 3.63) is 29.8 Å². The number of carbonyl (C=O) groups is 1. The third-order valence-electron chi connectivity index (χ3n) is 4.66. The lowest BCUT2D eigenvalue weighted by atomic mass is 9.96. The van der Waals surface area contributed by atoms with E-state index in [9.17, 15) is 4.79 Å². The fourth-order valence-electron chi connectivity index (χ4n) is 3.05. The van der Waals surface area contributed by atoms with Crippen LogP contribution in [0, 0.1) is 5.41 Å². The van der Waals surface area contributed by atoms with Crippen LogP contribution in [0.4, 0.5) is 0 Å². The van der Waals surface area contributed by atoms with Crippen LogP contribution in [0.1, 0.15) is 38.7 Å². The smallest absolute Gasteiger partial charge is 0.225 e. The quantitative estimate of drug-likeness (QED) is 0.290. The summed E-state index contributed by atoms with van der Waals surface area (Å²) in [7, 11) is 3.49. The maximum atomic E-state index is 11.9. The first-order valence-corrected chi connectivity index (χ1v) is 9.23. The lowest BCUT2D eigenvalue weighted by Gasteiger charge is -2.22. The van der Waals surface area contributed by atoms with Gasteiger partial charge in [-0.15, -0.1) is 24.0 Å². The molecule has 1 heterocycles. The number of aliphatic imine (C=N–C) groups is 1. The van der Waals surface area contributed by atoms with Crippen LogP contribution in [0.5, 0.6) is 5.75 Å². The van der Waals surface area contributed by atoms with Crippen LogP contribution in [-0.2, 0) is 4.79 Å². The molecular formula is C20H33IN4O2. The standard InChI is InChI=1S/C20H32N4O2.HI/c1-20(2,3)18(25)22-11-12-23-19(21-4)24-13-10-16(14-24)15-6-8-17(26-5)9-7-15;/h6-9,16H,10-14H2,1-5H3,(H,21,23)(H,22,25);1H. The number of hydrogen-bond acceptors (Lipinski definition) is 3. The predicted octanol–water partition coefficient (Wildman–Crippen LogP) is 2.84. The average molecular weight is 488 g/mol. The number of guanidine groups is 1. The van der Waals surface area contributed by atoms with Crippen molar-refractivity contribution in [1.82, 2.24) is 15.5 Å². The third kappa shape index (κ3) is 6.86. The van der Waals surface area contributed by atoms with Crippen molar-refractivity contribution < 1.29 is 9.53 Å². The average Bonchev–Trinajstić information content (AvgIpc) is 3.10. The van der Waals surface area contributed by atoms with E-state index in [2.05, 4.69) is 32.7 Å². The molecule has 2 rings (SSSR count). The molecule has 0 radical (unpaired) electrons. The lowest BCUT2D eigenvalue weighted by molar-refractivity contribution is -0.128. The zero-order valence-electron chi connectivity index (χ0n) is 17.0. The normalized spacial score (nSPS) is 17.3. The van der Waals surface area contributed by atoms with Crippen molar-refractivity contribution in [3.63, 3.8) is 0 Å². The van der Waals surface area contributed by atoms with E-state index in [1.54, 1.807) is 14.2 Å². The molecule has 0 aromatic heterocycles. The molecule has 27 heavy (non-hydrogen) atoms. The molecule has 1 aliphatic heterocycles. The predicted molar refractivity (Wildman–Crippen MR) is 121 cm³/mol. The second-order valence-electron chi connectivity index (χ2n) is 7.68. The second-order valence-corrected chi connectivity index (χ2v) is 7.68. The molecule has 1 aliphatic rings. The molecule has 1 unspecified atom stereocenters. The Balaban J connectivity index is 0.00000364. The van der Waals surface area contributed by atoms with Crippen LogP contribution in [0.3, 0.4) is 0 Å². The van der Waals surface area contributed by atoms with Crippen LogP contribution in [0.2, 0.25) is 0 Å². The summed E-state index contributed by atoms with van der Waals surface area (Å²) in [5.74, 6) is 2.35. The molecule has 2 N–H and O–H groups in total. The molecule has 0 aliphatic carbocycles. The largest absolute Gasteiger partial charge is 0.497 e. The summed E-state index contributed by atoms with van der Waals surface area (Å²) in [6.07, 6.45) is 1.10. The van der Waals surface area contributed by atoms with Crippen LogP contribution < -0.4 is 15.4 Å². The molecule has 0 saturated carbocycles. The molecule has 0 spiro atoms. The Morgan fingerprint density at radius 3 is 2.41 bits per heavy atom. The highest BCUT2D eigenvalue weighted by atomic mass is 127. The topological polar surface area (TPSA) is 66.0 Å². The zero-order valence-corrected chi connectivity index (χ0v) is 19.4. The molecule has 1 atom stereocenters. The fourth-order valence-corrected chi connectivity index (χ4v) is 3.05. The molecule has 1 aromatic rings. The molecular weight excluding hydrogens is 455 g/mol. The van der Waals surface area contributed by atoms with Gasteiger partial charge in [0.15, 0.2) is 5.96 Å². The Morgan fingerprint density at radius 2 is 1.85 bits per heavy atom. The number of methoxy groups -OCH3 is 1. The number of ether oxygens (including phenoxy) is 1. The van der Waals surface area contributed by atoms with Gasteiger partial charge in [0.1, 0.15) is 5.75 Å². The minimum absolute atomic E-state index is 0. The van der Waals surface area contributed by atoms with Gasteiger partial charge in [-0.25, -0.2) is 0 Å². The Bertz CT molecular complexity index is 626. The van der Waals surface area contributed by atoms with Crippen molar-refractivity contribution in [3.8, 4) is 5.75 Å². The number of amides is 1. The zero-order chi connectivity index (χ0) is 19.2. The first-order valence-electron chi connectivity index (χ1n) is 9.23. The van der Waals surface area contributed by atoms with E-state index in [4.69, 9.17) is 4.74 Å². The molecule has 152 valence electrons. The van der Waals surface area contributed by atoms with E-state index >= 15 is 0 Å². The van der Waals surface area contributed by atoms with Gasteiger partial charge in [0.25, 0.3) is 0 Å². The monoisotopic (exact) mass is 488 g/mol. The van der Waals surface area contributed by atoms with Gasteiger partial charge in [0, 0.05) is 44.6 Å². The van der Waals surface area contributed by atoms with E-state index in [1.165, 1.54) is 5.56 Å². The van der Waals surface area contributed by atoms with Crippen molar-refractivity contribution >= 4 is 35.8 Å². The van der Waals surface area contributed by atoms with Crippen molar-refractivity contribution in [1.29, 1.82) is 0 Å². The number of rotatable bonds is 5. The fraction of sp³-hybridized carbons (Fsp3) is 0.600. The van der Waals surface area contributed by atoms with E-state index in [1.807, 2.05) is 32.9 Å². The van der Waals surface area contributed by atoms with Gasteiger partial charge in [-0.1, -0.05) is 32.9 Å². The maximum absolute atomic E-state index is 11.9. The van der Waals surface area contributed by atoms with Gasteiger partial charge in [0.2, 0.25) is 5.91 Å². The molecule has 1 fully saturated rings. The van der Waals surface area contributed by atoms with Gasteiger partial charge in [-0.05, 0) is 24.1 Å². The summed E-state index contributed by atoms with van der Waals surface area (Å²) in [6.45, 7) is 8.92. The number of hydrogen-bond donors (Lipinski definition) is 2. The SMILES string of the molecule is CN=C(NCCNC(=O)C(C)(C)C)N1CCC(c2ccc(OC)cc2)C1.I. The molecule has 7 heteroatoms. The first kappa shape index (κ1) is 23.5. The number of nitrogens with zero attached hydrogens (tertiary/aromatic N) is 2. The van der Waals surface area contributed by atoms with Crippen LogP contribution in [-0.4, -0.2) is 57.1 Å². The maximum Gasteiger partial charge on any atom is 0.225 e. The number of nitrogens with one attached hydrogen (secondary N) is 2. The highest BCUT2D eigenvalue weighted by Gasteiger charge is 2.26. The molecule has 1 amide bonds. The van der Waals surface area contributed by atoms with Gasteiger partial charge >= 0.3 is 0 Å². The number of benzene rings is 1. The van der Waals surface area contributed by atoms with Gasteiger partial charge in [0.05, 0.1) is 7.11 Å². The van der Waals surface area contributed by atoms with Crippen molar-refractivity contribution in [2.24, 2.45) is 10.4 Å². The number of carbonyl (C=O) groups excluding carboxylic acids is 1. The van der Waals surface area contributed by atoms with Crippen molar-refractivity contribution in [2.45, 2.75) is 33.1 Å². The molecule has 0 bridgehead atoms. The molecule has 1 saturated heterocycles. The highest BCUT2D eigenvalue weighted by Crippen LogP contribution is 2.28. The Hall–Kier alpha value is -1.51. The van der Waals surface area contributed by atoms with Crippen molar-refractivity contribution in [2.75, 3.05) is 40.3 Å². The minimum atomic E-state index is -0.359. The highest BCUT2D eigenvalue weighted by molar-refractivity contribution is 14.0. The van der Waals surface area contributed by atoms with Gasteiger partial charge in [-0.3, -0.25) is 9.79 Å². The van der Waals surface area contributed by atoms with Crippen LogP contribution in [0.25, 0.3) is 0 Å². The minimum Gasteiger partial charge on any atom is -0.497 e. The number of halogens is 1. The third-order valence-corrected chi connectivity index (χ3v) is 4.66. The van der Waals surface area contributed by atoms with Gasteiger partial charge in [-0.2, -0.15) is 0 Å². The van der Waals surface area contributed by atoms with E-state index in [-0.39, 0.29) is 35.3 Å². The Labute approximate surface area is 180 Å². The van der Waals surface area contributed by atoms with Crippen LogP contribution >= 0.6 is 24.0 Å². The summed E-state index contributed by atoms with van der Waals surface area (Å²) < 4.78 is 5.23. The van der Waals surface area contributed by atoms with E-state index in [0.717, 1.165) is 31.2 Å². The summed E-state index contributed by atoms with van der Waals surface area (Å²) in [4.78, 5) is 18.6. The molecule has 6 nitrogen and oxygen atoms in total. The summed E-state index contributed by atoms with van der Waals surface area (Å²) in [6, 6.07) is 8.32. The van der Waals surface area contributed by atoms with Gasteiger partial charge < -0.3 is 20.3 Å². The Morgan fingerprint density at radius 1 is 1.22 bits per heavy atom.